The molecule has 1 heterocycles. The highest BCUT2D eigenvalue weighted by Gasteiger charge is 2.14. The number of hydrogen-bond acceptors (Lipinski definition) is 2. The molecule has 0 bridgehead atoms. The monoisotopic (exact) mass is 189 g/mol. The molecule has 0 aromatic heterocycles. The third-order valence-corrected chi connectivity index (χ3v) is 2.80. The van der Waals surface area contributed by atoms with Gasteiger partial charge < -0.3 is 5.32 Å². The quantitative estimate of drug-likeness (QED) is 0.732. The molecule has 1 aromatic rings. The fourth-order valence-corrected chi connectivity index (χ4v) is 1.95. The van der Waals surface area contributed by atoms with Crippen molar-refractivity contribution in [3.63, 3.8) is 0 Å². The van der Waals surface area contributed by atoms with E-state index in [2.05, 4.69) is 17.4 Å². The summed E-state index contributed by atoms with van der Waals surface area (Å²) in [4.78, 5) is 10.5. The average Bonchev–Trinajstić information content (AvgIpc) is 2.72. The van der Waals surface area contributed by atoms with Crippen LogP contribution in [0.3, 0.4) is 0 Å². The third-order valence-electron chi connectivity index (χ3n) is 2.80. The Hall–Kier alpha value is -1.15. The van der Waals surface area contributed by atoms with Crippen LogP contribution in [-0.2, 0) is 6.42 Å². The van der Waals surface area contributed by atoms with Gasteiger partial charge in [0.25, 0.3) is 0 Å². The number of carbonyl (C=O) groups excluding carboxylic acids is 1. The smallest absolute Gasteiger partial charge is 0.150 e. The van der Waals surface area contributed by atoms with Gasteiger partial charge in [-0.25, -0.2) is 0 Å². The van der Waals surface area contributed by atoms with E-state index >= 15 is 0 Å². The van der Waals surface area contributed by atoms with Gasteiger partial charge in [0.15, 0.2) is 0 Å². The van der Waals surface area contributed by atoms with Crippen LogP contribution >= 0.6 is 0 Å². The molecule has 1 fully saturated rings. The van der Waals surface area contributed by atoms with Gasteiger partial charge in [0, 0.05) is 5.56 Å². The topological polar surface area (TPSA) is 29.1 Å². The molecule has 0 amide bonds. The Kier molecular flexibility index (Phi) is 2.94. The Labute approximate surface area is 84.3 Å². The van der Waals surface area contributed by atoms with Crippen molar-refractivity contribution in [2.75, 3.05) is 13.1 Å². The first-order valence-corrected chi connectivity index (χ1v) is 5.13. The molecule has 0 spiro atoms. The number of benzene rings is 1. The number of nitrogens with one attached hydrogen (secondary N) is 1. The lowest BCUT2D eigenvalue weighted by molar-refractivity contribution is 0.112. The van der Waals surface area contributed by atoms with E-state index in [1.165, 1.54) is 12.0 Å². The van der Waals surface area contributed by atoms with Gasteiger partial charge in [-0.15, -0.1) is 0 Å². The summed E-state index contributed by atoms with van der Waals surface area (Å²) in [6, 6.07) is 7.90. The second kappa shape index (κ2) is 4.38. The van der Waals surface area contributed by atoms with Gasteiger partial charge in [-0.3, -0.25) is 4.79 Å². The van der Waals surface area contributed by atoms with E-state index in [1.54, 1.807) is 0 Å². The van der Waals surface area contributed by atoms with Gasteiger partial charge in [0.2, 0.25) is 0 Å². The summed E-state index contributed by atoms with van der Waals surface area (Å²) >= 11 is 0. The molecule has 1 atom stereocenters. The Balaban J connectivity index is 1.98. The summed E-state index contributed by atoms with van der Waals surface area (Å²) in [5, 5.41) is 3.36. The molecule has 1 N–H and O–H groups in total. The van der Waals surface area contributed by atoms with E-state index in [1.807, 2.05) is 12.1 Å². The predicted molar refractivity (Wildman–Crippen MR) is 56.5 cm³/mol. The van der Waals surface area contributed by atoms with Crippen LogP contribution in [0, 0.1) is 5.92 Å². The van der Waals surface area contributed by atoms with Gasteiger partial charge in [0.1, 0.15) is 6.29 Å². The Bertz CT molecular complexity index is 299. The highest BCUT2D eigenvalue weighted by molar-refractivity contribution is 5.74. The van der Waals surface area contributed by atoms with Crippen molar-refractivity contribution in [2.24, 2.45) is 5.92 Å². The summed E-state index contributed by atoms with van der Waals surface area (Å²) in [6.07, 6.45) is 3.29. The van der Waals surface area contributed by atoms with E-state index in [0.717, 1.165) is 37.3 Å². The van der Waals surface area contributed by atoms with Crippen LogP contribution in [0.5, 0.6) is 0 Å². The molecule has 74 valence electrons. The third kappa shape index (κ3) is 2.20. The molecular weight excluding hydrogens is 174 g/mol. The largest absolute Gasteiger partial charge is 0.316 e. The van der Waals surface area contributed by atoms with Crippen molar-refractivity contribution in [1.82, 2.24) is 5.32 Å². The van der Waals surface area contributed by atoms with Gasteiger partial charge >= 0.3 is 0 Å². The summed E-state index contributed by atoms with van der Waals surface area (Å²) in [7, 11) is 0. The molecule has 0 saturated carbocycles. The second-order valence-corrected chi connectivity index (χ2v) is 3.92. The molecule has 2 rings (SSSR count). The summed E-state index contributed by atoms with van der Waals surface area (Å²) < 4.78 is 0. The lowest BCUT2D eigenvalue weighted by Gasteiger charge is -2.07. The van der Waals surface area contributed by atoms with Crippen molar-refractivity contribution < 1.29 is 4.79 Å². The van der Waals surface area contributed by atoms with E-state index < -0.39 is 0 Å². The number of aldehydes is 1. The standard InChI is InChI=1S/C12H15NO/c14-9-11-3-1-10(2-4-11)7-12-5-6-13-8-12/h1-4,9,12-13H,5-8H2. The van der Waals surface area contributed by atoms with Crippen molar-refractivity contribution in [1.29, 1.82) is 0 Å². The van der Waals surface area contributed by atoms with Gasteiger partial charge in [-0.05, 0) is 37.4 Å². The first-order valence-electron chi connectivity index (χ1n) is 5.13. The van der Waals surface area contributed by atoms with Crippen LogP contribution in [0.1, 0.15) is 22.3 Å². The van der Waals surface area contributed by atoms with Crippen LogP contribution in [-0.4, -0.2) is 19.4 Å². The maximum atomic E-state index is 10.5. The fraction of sp³-hybridized carbons (Fsp3) is 0.417. The van der Waals surface area contributed by atoms with Gasteiger partial charge in [0.05, 0.1) is 0 Å². The van der Waals surface area contributed by atoms with Crippen molar-refractivity contribution >= 4 is 6.29 Å². The molecule has 1 aromatic carbocycles. The molecule has 0 aliphatic carbocycles. The van der Waals surface area contributed by atoms with Gasteiger partial charge in [-0.1, -0.05) is 24.3 Å². The van der Waals surface area contributed by atoms with Crippen LogP contribution in [0.15, 0.2) is 24.3 Å². The highest BCUT2D eigenvalue weighted by atomic mass is 16.1. The highest BCUT2D eigenvalue weighted by Crippen LogP contribution is 2.15. The molecular formula is C12H15NO. The fourth-order valence-electron chi connectivity index (χ4n) is 1.95. The molecule has 0 radical (unpaired) electrons. The normalized spacial score (nSPS) is 21.0. The van der Waals surface area contributed by atoms with E-state index in [0.29, 0.717) is 0 Å². The van der Waals surface area contributed by atoms with E-state index in [4.69, 9.17) is 0 Å². The Morgan fingerprint density at radius 2 is 2.14 bits per heavy atom. The number of carbonyl (C=O) groups is 1. The summed E-state index contributed by atoms with van der Waals surface area (Å²) in [6.45, 7) is 2.28. The average molecular weight is 189 g/mol. The Morgan fingerprint density at radius 3 is 2.71 bits per heavy atom. The summed E-state index contributed by atoms with van der Waals surface area (Å²) in [5.41, 5.74) is 2.10. The summed E-state index contributed by atoms with van der Waals surface area (Å²) in [5.74, 6) is 0.775. The zero-order valence-electron chi connectivity index (χ0n) is 8.20. The van der Waals surface area contributed by atoms with Crippen LogP contribution in [0.4, 0.5) is 0 Å². The zero-order valence-corrected chi connectivity index (χ0v) is 8.20. The molecule has 1 aliphatic rings. The van der Waals surface area contributed by atoms with E-state index in [9.17, 15) is 4.79 Å². The first kappa shape index (κ1) is 9.41. The molecule has 1 saturated heterocycles. The van der Waals surface area contributed by atoms with Crippen molar-refractivity contribution in [3.05, 3.63) is 35.4 Å². The minimum atomic E-state index is 0.762. The molecule has 14 heavy (non-hydrogen) atoms. The lowest BCUT2D eigenvalue weighted by atomic mass is 9.98. The zero-order chi connectivity index (χ0) is 9.80. The van der Waals surface area contributed by atoms with Crippen molar-refractivity contribution in [3.8, 4) is 0 Å². The molecule has 2 nitrogen and oxygen atoms in total. The lowest BCUT2D eigenvalue weighted by Crippen LogP contribution is -2.10. The SMILES string of the molecule is O=Cc1ccc(CC2CCNC2)cc1. The van der Waals surface area contributed by atoms with Crippen LogP contribution in [0.2, 0.25) is 0 Å². The van der Waals surface area contributed by atoms with Crippen LogP contribution < -0.4 is 5.32 Å². The second-order valence-electron chi connectivity index (χ2n) is 3.92. The maximum absolute atomic E-state index is 10.5. The number of hydrogen-bond donors (Lipinski definition) is 1. The molecule has 1 aliphatic heterocycles. The molecule has 1 unspecified atom stereocenters. The predicted octanol–water partition coefficient (Wildman–Crippen LogP) is 1.65. The Morgan fingerprint density at radius 1 is 1.36 bits per heavy atom. The van der Waals surface area contributed by atoms with Crippen molar-refractivity contribution in [2.45, 2.75) is 12.8 Å². The number of rotatable bonds is 3. The minimum absolute atomic E-state index is 0.762. The van der Waals surface area contributed by atoms with Gasteiger partial charge in [-0.2, -0.15) is 0 Å². The minimum Gasteiger partial charge on any atom is -0.316 e. The maximum Gasteiger partial charge on any atom is 0.150 e. The molecule has 2 heteroatoms. The van der Waals surface area contributed by atoms with Crippen LogP contribution in [0.25, 0.3) is 0 Å². The van der Waals surface area contributed by atoms with E-state index in [-0.39, 0.29) is 0 Å². The first-order chi connectivity index (χ1) is 6.88.